The van der Waals surface area contributed by atoms with Crippen molar-refractivity contribution in [3.63, 3.8) is 0 Å². The second-order valence-corrected chi connectivity index (χ2v) is 5.94. The number of benzene rings is 2. The van der Waals surface area contributed by atoms with Crippen molar-refractivity contribution in [1.82, 2.24) is 0 Å². The minimum atomic E-state index is -0.572. The molecule has 2 N–H and O–H groups in total. The summed E-state index contributed by atoms with van der Waals surface area (Å²) < 4.78 is 5.21. The van der Waals surface area contributed by atoms with Gasteiger partial charge in [0, 0.05) is 11.2 Å². The molecule has 0 aliphatic rings. The molecule has 0 spiro atoms. The largest absolute Gasteiger partial charge is 0.495 e. The fraction of sp³-hybridized carbons (Fsp3) is 0.111. The number of nitrogens with one attached hydrogen (secondary N) is 2. The first kappa shape index (κ1) is 18.7. The maximum absolute atomic E-state index is 12.3. The Hall–Kier alpha value is -2.68. The minimum absolute atomic E-state index is 0.125. The number of hydrogen-bond acceptors (Lipinski definition) is 4. The third-order valence-corrected chi connectivity index (χ3v) is 3.83. The van der Waals surface area contributed by atoms with E-state index in [-0.39, 0.29) is 5.57 Å². The Bertz CT molecular complexity index is 873. The highest BCUT2D eigenvalue weighted by atomic mass is 35.5. The number of methoxy groups -OCH3 is 1. The van der Waals surface area contributed by atoms with E-state index in [0.717, 1.165) is 5.56 Å². The zero-order chi connectivity index (χ0) is 18.4. The van der Waals surface area contributed by atoms with Crippen LogP contribution in [0.25, 0.3) is 0 Å². The normalized spacial score (nSPS) is 10.8. The van der Waals surface area contributed by atoms with E-state index >= 15 is 0 Å². The second-order valence-electron chi connectivity index (χ2n) is 5.10. The zero-order valence-corrected chi connectivity index (χ0v) is 15.1. The first-order chi connectivity index (χ1) is 11.9. The first-order valence-electron chi connectivity index (χ1n) is 7.22. The Balaban J connectivity index is 2.20. The lowest BCUT2D eigenvalue weighted by Gasteiger charge is -2.11. The third-order valence-electron chi connectivity index (χ3n) is 3.27. The van der Waals surface area contributed by atoms with Gasteiger partial charge in [-0.2, -0.15) is 5.26 Å². The standard InChI is InChI=1S/C18H15Cl2N3O2/c1-11-3-6-17(25-2)16(7-11)23-18(24)12(9-21)10-22-15-8-13(19)4-5-14(15)20/h3-8,10,22H,1-2H3,(H,23,24)/b12-10-. The number of amides is 1. The molecule has 0 saturated heterocycles. The fourth-order valence-electron chi connectivity index (χ4n) is 2.02. The molecule has 0 aliphatic heterocycles. The number of nitrogens with zero attached hydrogens (tertiary/aromatic N) is 1. The summed E-state index contributed by atoms with van der Waals surface area (Å²) in [7, 11) is 1.50. The van der Waals surface area contributed by atoms with Crippen molar-refractivity contribution in [3.8, 4) is 11.8 Å². The van der Waals surface area contributed by atoms with Crippen LogP contribution in [0, 0.1) is 18.3 Å². The van der Waals surface area contributed by atoms with Gasteiger partial charge in [0.25, 0.3) is 5.91 Å². The van der Waals surface area contributed by atoms with Crippen LogP contribution < -0.4 is 15.4 Å². The third kappa shape index (κ3) is 4.90. The molecule has 2 aromatic rings. The summed E-state index contributed by atoms with van der Waals surface area (Å²) in [6, 6.07) is 12.1. The Morgan fingerprint density at radius 2 is 1.96 bits per heavy atom. The first-order valence-corrected chi connectivity index (χ1v) is 7.98. The maximum atomic E-state index is 12.3. The van der Waals surface area contributed by atoms with Gasteiger partial charge in [-0.15, -0.1) is 0 Å². The molecule has 5 nitrogen and oxygen atoms in total. The molecule has 0 aliphatic carbocycles. The number of hydrogen-bond donors (Lipinski definition) is 2. The summed E-state index contributed by atoms with van der Waals surface area (Å²) in [5, 5.41) is 15.6. The predicted molar refractivity (Wildman–Crippen MR) is 100 cm³/mol. The lowest BCUT2D eigenvalue weighted by atomic mass is 10.2. The van der Waals surface area contributed by atoms with Crippen LogP contribution in [0.15, 0.2) is 48.2 Å². The van der Waals surface area contributed by atoms with Crippen molar-refractivity contribution >= 4 is 40.5 Å². The van der Waals surface area contributed by atoms with Crippen LogP contribution in [0.2, 0.25) is 10.0 Å². The van der Waals surface area contributed by atoms with Gasteiger partial charge >= 0.3 is 0 Å². The Kier molecular flexibility index (Phi) is 6.29. The van der Waals surface area contributed by atoms with Crippen molar-refractivity contribution < 1.29 is 9.53 Å². The van der Waals surface area contributed by atoms with Crippen LogP contribution >= 0.6 is 23.2 Å². The number of ether oxygens (including phenoxy) is 1. The van der Waals surface area contributed by atoms with Crippen LogP contribution in [-0.4, -0.2) is 13.0 Å². The molecule has 0 bridgehead atoms. The molecule has 0 heterocycles. The van der Waals surface area contributed by atoms with Gasteiger partial charge in [-0.05, 0) is 42.8 Å². The summed E-state index contributed by atoms with van der Waals surface area (Å²) in [5.41, 5.74) is 1.79. The molecule has 0 unspecified atom stereocenters. The summed E-state index contributed by atoms with van der Waals surface area (Å²) in [4.78, 5) is 12.3. The van der Waals surface area contributed by atoms with E-state index in [1.165, 1.54) is 13.3 Å². The summed E-state index contributed by atoms with van der Waals surface area (Å²) >= 11 is 11.9. The average molecular weight is 376 g/mol. The lowest BCUT2D eigenvalue weighted by Crippen LogP contribution is -2.15. The maximum Gasteiger partial charge on any atom is 0.267 e. The quantitative estimate of drug-likeness (QED) is 0.582. The monoisotopic (exact) mass is 375 g/mol. The van der Waals surface area contributed by atoms with Crippen molar-refractivity contribution in [2.45, 2.75) is 6.92 Å². The van der Waals surface area contributed by atoms with Gasteiger partial charge in [0.1, 0.15) is 17.4 Å². The van der Waals surface area contributed by atoms with E-state index in [4.69, 9.17) is 27.9 Å². The highest BCUT2D eigenvalue weighted by molar-refractivity contribution is 6.35. The van der Waals surface area contributed by atoms with Gasteiger partial charge in [0.05, 0.1) is 23.5 Å². The van der Waals surface area contributed by atoms with Gasteiger partial charge in [-0.25, -0.2) is 0 Å². The van der Waals surface area contributed by atoms with Crippen LogP contribution in [0.5, 0.6) is 5.75 Å². The topological polar surface area (TPSA) is 74.1 Å². The fourth-order valence-corrected chi connectivity index (χ4v) is 2.36. The summed E-state index contributed by atoms with van der Waals surface area (Å²) in [6.45, 7) is 1.89. The molecule has 128 valence electrons. The van der Waals surface area contributed by atoms with Crippen LogP contribution in [0.4, 0.5) is 11.4 Å². The van der Waals surface area contributed by atoms with E-state index < -0.39 is 5.91 Å². The van der Waals surface area contributed by atoms with E-state index in [1.807, 2.05) is 19.1 Å². The molecule has 2 aromatic carbocycles. The number of rotatable bonds is 5. The molecule has 1 amide bonds. The second kappa shape index (κ2) is 8.43. The SMILES string of the molecule is COc1ccc(C)cc1NC(=O)/C(C#N)=C\Nc1cc(Cl)ccc1Cl. The Morgan fingerprint density at radius 3 is 2.64 bits per heavy atom. The van der Waals surface area contributed by atoms with Gasteiger partial charge < -0.3 is 15.4 Å². The zero-order valence-electron chi connectivity index (χ0n) is 13.6. The smallest absolute Gasteiger partial charge is 0.267 e. The lowest BCUT2D eigenvalue weighted by molar-refractivity contribution is -0.112. The van der Waals surface area contributed by atoms with Crippen LogP contribution in [-0.2, 0) is 4.79 Å². The van der Waals surface area contributed by atoms with Crippen LogP contribution in [0.3, 0.4) is 0 Å². The highest BCUT2D eigenvalue weighted by Crippen LogP contribution is 2.27. The van der Waals surface area contributed by atoms with Gasteiger partial charge in [0.15, 0.2) is 0 Å². The predicted octanol–water partition coefficient (Wildman–Crippen LogP) is 4.77. The van der Waals surface area contributed by atoms with Crippen LogP contribution in [0.1, 0.15) is 5.56 Å². The molecule has 0 radical (unpaired) electrons. The van der Waals surface area contributed by atoms with Gasteiger partial charge in [-0.1, -0.05) is 29.3 Å². The molecule has 0 saturated carbocycles. The number of nitriles is 1. The molecule has 25 heavy (non-hydrogen) atoms. The van der Waals surface area contributed by atoms with Crippen molar-refractivity contribution in [2.24, 2.45) is 0 Å². The molecular formula is C18H15Cl2N3O2. The van der Waals surface area contributed by atoms with Crippen molar-refractivity contribution in [3.05, 3.63) is 63.8 Å². The summed E-state index contributed by atoms with van der Waals surface area (Å²) in [5.74, 6) is -0.0702. The Morgan fingerprint density at radius 1 is 1.20 bits per heavy atom. The molecular weight excluding hydrogens is 361 g/mol. The van der Waals surface area contributed by atoms with Gasteiger partial charge in [-0.3, -0.25) is 4.79 Å². The Labute approximate surface area is 155 Å². The van der Waals surface area contributed by atoms with Crippen molar-refractivity contribution in [2.75, 3.05) is 17.7 Å². The molecule has 2 rings (SSSR count). The molecule has 0 aromatic heterocycles. The van der Waals surface area contributed by atoms with Gasteiger partial charge in [0.2, 0.25) is 0 Å². The number of aryl methyl sites for hydroxylation is 1. The van der Waals surface area contributed by atoms with E-state index in [2.05, 4.69) is 10.6 Å². The van der Waals surface area contributed by atoms with E-state index in [0.29, 0.717) is 27.2 Å². The number of halogens is 2. The van der Waals surface area contributed by atoms with E-state index in [1.54, 1.807) is 30.3 Å². The number of anilines is 2. The average Bonchev–Trinajstić information content (AvgIpc) is 2.58. The minimum Gasteiger partial charge on any atom is -0.495 e. The molecule has 7 heteroatoms. The molecule has 0 atom stereocenters. The number of carbonyl (C=O) groups excluding carboxylic acids is 1. The summed E-state index contributed by atoms with van der Waals surface area (Å²) in [6.07, 6.45) is 1.27. The van der Waals surface area contributed by atoms with E-state index in [9.17, 15) is 10.1 Å². The number of carbonyl (C=O) groups is 1. The van der Waals surface area contributed by atoms with Crippen molar-refractivity contribution in [1.29, 1.82) is 5.26 Å². The molecule has 0 fully saturated rings. The highest BCUT2D eigenvalue weighted by Gasteiger charge is 2.13.